The Kier molecular flexibility index (Phi) is 5.83. The molecule has 0 aliphatic rings. The van der Waals surface area contributed by atoms with Crippen LogP contribution in [0.4, 0.5) is 0 Å². The highest BCUT2D eigenvalue weighted by Gasteiger charge is 2.20. The number of hydrogen-bond donors (Lipinski definition) is 1. The first-order valence-corrected chi connectivity index (χ1v) is 8.70. The fourth-order valence-corrected chi connectivity index (χ4v) is 3.11. The Morgan fingerprint density at radius 1 is 1.29 bits per heavy atom. The maximum absolute atomic E-state index is 12.1. The van der Waals surface area contributed by atoms with Gasteiger partial charge in [0.15, 0.2) is 18.1 Å². The minimum atomic E-state index is -0.194. The Bertz CT molecular complexity index is 692. The van der Waals surface area contributed by atoms with Gasteiger partial charge in [0.05, 0.1) is 18.8 Å². The fourth-order valence-electron chi connectivity index (χ4n) is 2.06. The molecule has 1 N–H and O–H groups in total. The van der Waals surface area contributed by atoms with Crippen LogP contribution in [0, 0.1) is 0 Å². The van der Waals surface area contributed by atoms with Crippen LogP contribution in [0.2, 0.25) is 0 Å². The van der Waals surface area contributed by atoms with Gasteiger partial charge in [0.2, 0.25) is 0 Å². The maximum atomic E-state index is 12.1. The molecule has 1 unspecified atom stereocenters. The number of para-hydroxylation sites is 2. The lowest BCUT2D eigenvalue weighted by Gasteiger charge is -2.15. The van der Waals surface area contributed by atoms with Crippen molar-refractivity contribution in [3.05, 3.63) is 40.3 Å². The Labute approximate surface area is 147 Å². The van der Waals surface area contributed by atoms with Gasteiger partial charge in [0, 0.05) is 10.8 Å². The van der Waals surface area contributed by atoms with E-state index >= 15 is 0 Å². The number of benzene rings is 1. The van der Waals surface area contributed by atoms with E-state index in [1.54, 1.807) is 30.6 Å². The molecule has 0 saturated carbocycles. The van der Waals surface area contributed by atoms with Crippen molar-refractivity contribution in [2.24, 2.45) is 0 Å². The highest BCUT2D eigenvalue weighted by molar-refractivity contribution is 7.09. The van der Waals surface area contributed by atoms with Crippen molar-refractivity contribution in [3.63, 3.8) is 0 Å². The van der Waals surface area contributed by atoms with Gasteiger partial charge in [-0.05, 0) is 19.1 Å². The first-order chi connectivity index (χ1) is 11.3. The van der Waals surface area contributed by atoms with E-state index in [1.807, 2.05) is 24.4 Å². The summed E-state index contributed by atoms with van der Waals surface area (Å²) in [6.07, 6.45) is 0. The Hall–Kier alpha value is -2.08. The summed E-state index contributed by atoms with van der Waals surface area (Å²) in [6.45, 7) is 8.22. The number of hydrogen-bond acceptors (Lipinski definition) is 5. The van der Waals surface area contributed by atoms with Crippen LogP contribution in [-0.4, -0.2) is 24.6 Å². The number of carbonyl (C=O) groups excluding carboxylic acids is 1. The van der Waals surface area contributed by atoms with Crippen LogP contribution in [-0.2, 0) is 10.2 Å². The van der Waals surface area contributed by atoms with Crippen LogP contribution >= 0.6 is 11.3 Å². The Balaban J connectivity index is 1.91. The zero-order valence-electron chi connectivity index (χ0n) is 14.8. The predicted octanol–water partition coefficient (Wildman–Crippen LogP) is 3.71. The molecule has 1 aromatic carbocycles. The van der Waals surface area contributed by atoms with Crippen molar-refractivity contribution < 1.29 is 14.3 Å². The molecule has 2 aromatic rings. The fraction of sp³-hybridized carbons (Fsp3) is 0.444. The molecular weight excluding hydrogens is 324 g/mol. The van der Waals surface area contributed by atoms with Crippen molar-refractivity contribution in [1.29, 1.82) is 0 Å². The summed E-state index contributed by atoms with van der Waals surface area (Å²) in [6, 6.07) is 7.09. The number of aromatic nitrogens is 1. The second-order valence-electron chi connectivity index (χ2n) is 6.55. The van der Waals surface area contributed by atoms with Gasteiger partial charge < -0.3 is 14.8 Å². The maximum Gasteiger partial charge on any atom is 0.258 e. The molecule has 5 nitrogen and oxygen atoms in total. The third-order valence-corrected chi connectivity index (χ3v) is 4.49. The average Bonchev–Trinajstić information content (AvgIpc) is 3.03. The van der Waals surface area contributed by atoms with Crippen molar-refractivity contribution in [2.45, 2.75) is 39.2 Å². The van der Waals surface area contributed by atoms with Gasteiger partial charge in [-0.25, -0.2) is 4.98 Å². The second-order valence-corrected chi connectivity index (χ2v) is 7.44. The SMILES string of the molecule is COc1ccccc1OCC(=O)NC(C)c1nc(C(C)(C)C)cs1. The third-order valence-electron chi connectivity index (χ3n) is 3.47. The smallest absolute Gasteiger partial charge is 0.258 e. The predicted molar refractivity (Wildman–Crippen MR) is 95.9 cm³/mol. The third kappa shape index (κ3) is 4.71. The van der Waals surface area contributed by atoms with E-state index in [9.17, 15) is 4.79 Å². The lowest BCUT2D eigenvalue weighted by molar-refractivity contribution is -0.123. The molecule has 0 fully saturated rings. The quantitative estimate of drug-likeness (QED) is 0.864. The monoisotopic (exact) mass is 348 g/mol. The summed E-state index contributed by atoms with van der Waals surface area (Å²) in [5.41, 5.74) is 1.04. The lowest BCUT2D eigenvalue weighted by atomic mass is 9.93. The molecule has 0 aliphatic heterocycles. The van der Waals surface area contributed by atoms with Crippen molar-refractivity contribution in [1.82, 2.24) is 10.3 Å². The molecular formula is C18H24N2O3S. The van der Waals surface area contributed by atoms with E-state index in [2.05, 4.69) is 31.1 Å². The van der Waals surface area contributed by atoms with Crippen LogP contribution in [0.1, 0.15) is 44.4 Å². The topological polar surface area (TPSA) is 60.5 Å². The largest absolute Gasteiger partial charge is 0.493 e. The number of carbonyl (C=O) groups is 1. The lowest BCUT2D eigenvalue weighted by Crippen LogP contribution is -2.31. The van der Waals surface area contributed by atoms with Gasteiger partial charge in [-0.3, -0.25) is 4.79 Å². The van der Waals surface area contributed by atoms with Crippen LogP contribution in [0.25, 0.3) is 0 Å². The molecule has 6 heteroatoms. The van der Waals surface area contributed by atoms with Gasteiger partial charge >= 0.3 is 0 Å². The van der Waals surface area contributed by atoms with Crippen molar-refractivity contribution in [2.75, 3.05) is 13.7 Å². The summed E-state index contributed by atoms with van der Waals surface area (Å²) in [5, 5.41) is 5.85. The standard InChI is InChI=1S/C18H24N2O3S/c1-12(17-20-15(11-24-17)18(2,3)4)19-16(21)10-23-14-9-7-6-8-13(14)22-5/h6-9,11-12H,10H2,1-5H3,(H,19,21). The summed E-state index contributed by atoms with van der Waals surface area (Å²) >= 11 is 1.56. The Morgan fingerprint density at radius 2 is 1.96 bits per heavy atom. The molecule has 1 aromatic heterocycles. The first kappa shape index (κ1) is 18.3. The van der Waals surface area contributed by atoms with E-state index in [0.29, 0.717) is 11.5 Å². The summed E-state index contributed by atoms with van der Waals surface area (Å²) in [4.78, 5) is 16.7. The zero-order valence-corrected chi connectivity index (χ0v) is 15.6. The molecule has 1 heterocycles. The van der Waals surface area contributed by atoms with Crippen molar-refractivity contribution >= 4 is 17.2 Å². The molecule has 0 bridgehead atoms. The molecule has 1 amide bonds. The van der Waals surface area contributed by atoms with Crippen LogP contribution in [0.5, 0.6) is 11.5 Å². The number of nitrogens with one attached hydrogen (secondary N) is 1. The van der Waals surface area contributed by atoms with E-state index in [0.717, 1.165) is 10.7 Å². The van der Waals surface area contributed by atoms with Crippen LogP contribution in [0.15, 0.2) is 29.6 Å². The molecule has 24 heavy (non-hydrogen) atoms. The zero-order chi connectivity index (χ0) is 17.7. The number of amides is 1. The molecule has 130 valence electrons. The van der Waals surface area contributed by atoms with Gasteiger partial charge in [0.25, 0.3) is 5.91 Å². The number of rotatable bonds is 6. The van der Waals surface area contributed by atoms with Crippen molar-refractivity contribution in [3.8, 4) is 11.5 Å². The van der Waals surface area contributed by atoms with Gasteiger partial charge in [-0.1, -0.05) is 32.9 Å². The van der Waals surface area contributed by atoms with E-state index in [4.69, 9.17) is 9.47 Å². The van der Waals surface area contributed by atoms with Crippen LogP contribution in [0.3, 0.4) is 0 Å². The number of thiazole rings is 1. The normalized spacial score (nSPS) is 12.5. The average molecular weight is 348 g/mol. The minimum Gasteiger partial charge on any atom is -0.493 e. The number of methoxy groups -OCH3 is 1. The summed E-state index contributed by atoms with van der Waals surface area (Å²) in [7, 11) is 1.57. The Morgan fingerprint density at radius 3 is 2.54 bits per heavy atom. The highest BCUT2D eigenvalue weighted by atomic mass is 32.1. The molecule has 0 radical (unpaired) electrons. The minimum absolute atomic E-state index is 0.00541. The van der Waals surface area contributed by atoms with Crippen LogP contribution < -0.4 is 14.8 Å². The summed E-state index contributed by atoms with van der Waals surface area (Å²) in [5.74, 6) is 0.959. The molecule has 2 rings (SSSR count). The molecule has 1 atom stereocenters. The second kappa shape index (κ2) is 7.66. The van der Waals surface area contributed by atoms with Gasteiger partial charge in [-0.15, -0.1) is 11.3 Å². The number of nitrogens with zero attached hydrogens (tertiary/aromatic N) is 1. The first-order valence-electron chi connectivity index (χ1n) is 7.82. The van der Waals surface area contributed by atoms with E-state index in [1.165, 1.54) is 0 Å². The molecule has 0 aliphatic carbocycles. The number of ether oxygens (including phenoxy) is 2. The van der Waals surface area contributed by atoms with E-state index in [-0.39, 0.29) is 24.0 Å². The highest BCUT2D eigenvalue weighted by Crippen LogP contribution is 2.27. The molecule has 0 saturated heterocycles. The van der Waals surface area contributed by atoms with Gasteiger partial charge in [0.1, 0.15) is 5.01 Å². The van der Waals surface area contributed by atoms with E-state index < -0.39 is 0 Å². The summed E-state index contributed by atoms with van der Waals surface area (Å²) < 4.78 is 10.7. The molecule has 0 spiro atoms. The van der Waals surface area contributed by atoms with Gasteiger partial charge in [-0.2, -0.15) is 0 Å².